The fourth-order valence-electron chi connectivity index (χ4n) is 2.00. The molecular formula is C14H20N2O2. The van der Waals surface area contributed by atoms with Crippen LogP contribution in [0.3, 0.4) is 0 Å². The van der Waals surface area contributed by atoms with Crippen LogP contribution in [0, 0.1) is 0 Å². The molecule has 0 saturated carbocycles. The number of benzene rings is 1. The molecular weight excluding hydrogens is 228 g/mol. The first-order valence-corrected chi connectivity index (χ1v) is 6.52. The molecule has 0 aromatic heterocycles. The van der Waals surface area contributed by atoms with E-state index < -0.39 is 0 Å². The van der Waals surface area contributed by atoms with Gasteiger partial charge < -0.3 is 15.4 Å². The minimum absolute atomic E-state index is 0.00743. The topological polar surface area (TPSA) is 50.4 Å². The van der Waals surface area contributed by atoms with Gasteiger partial charge in [-0.15, -0.1) is 0 Å². The lowest BCUT2D eigenvalue weighted by Gasteiger charge is -2.22. The number of amides is 1. The van der Waals surface area contributed by atoms with Crippen LogP contribution in [0.25, 0.3) is 0 Å². The summed E-state index contributed by atoms with van der Waals surface area (Å²) in [5.74, 6) is 0.00743. The SMILES string of the molecule is O=C(CNc1ccccc1)NCC1CCCCO1. The van der Waals surface area contributed by atoms with Crippen molar-refractivity contribution in [2.45, 2.75) is 25.4 Å². The maximum absolute atomic E-state index is 11.6. The highest BCUT2D eigenvalue weighted by Gasteiger charge is 2.14. The maximum Gasteiger partial charge on any atom is 0.239 e. The molecule has 0 spiro atoms. The van der Waals surface area contributed by atoms with Gasteiger partial charge in [0.1, 0.15) is 0 Å². The molecule has 4 heteroatoms. The first-order valence-electron chi connectivity index (χ1n) is 6.52. The monoisotopic (exact) mass is 248 g/mol. The second-order valence-corrected chi connectivity index (χ2v) is 4.51. The first kappa shape index (κ1) is 12.9. The van der Waals surface area contributed by atoms with Gasteiger partial charge in [-0.05, 0) is 31.4 Å². The van der Waals surface area contributed by atoms with E-state index >= 15 is 0 Å². The number of hydrogen-bond acceptors (Lipinski definition) is 3. The second-order valence-electron chi connectivity index (χ2n) is 4.51. The van der Waals surface area contributed by atoms with Gasteiger partial charge >= 0.3 is 0 Å². The van der Waals surface area contributed by atoms with E-state index in [9.17, 15) is 4.79 Å². The number of carbonyl (C=O) groups is 1. The number of hydrogen-bond donors (Lipinski definition) is 2. The number of ether oxygens (including phenoxy) is 1. The zero-order chi connectivity index (χ0) is 12.6. The molecule has 0 bridgehead atoms. The van der Waals surface area contributed by atoms with Crippen LogP contribution >= 0.6 is 0 Å². The van der Waals surface area contributed by atoms with Crippen LogP contribution in [-0.4, -0.2) is 31.7 Å². The third-order valence-corrected chi connectivity index (χ3v) is 3.03. The predicted molar refractivity (Wildman–Crippen MR) is 71.5 cm³/mol. The fraction of sp³-hybridized carbons (Fsp3) is 0.500. The van der Waals surface area contributed by atoms with Gasteiger partial charge in [-0.1, -0.05) is 18.2 Å². The molecule has 18 heavy (non-hydrogen) atoms. The minimum atomic E-state index is 0.00743. The molecule has 2 rings (SSSR count). The van der Waals surface area contributed by atoms with Gasteiger partial charge in [0.05, 0.1) is 12.6 Å². The standard InChI is InChI=1S/C14H20N2O2/c17-14(11-15-12-6-2-1-3-7-12)16-10-13-8-4-5-9-18-13/h1-3,6-7,13,15H,4-5,8-11H2,(H,16,17). The van der Waals surface area contributed by atoms with Crippen molar-refractivity contribution in [3.05, 3.63) is 30.3 Å². The molecule has 2 N–H and O–H groups in total. The fourth-order valence-corrected chi connectivity index (χ4v) is 2.00. The van der Waals surface area contributed by atoms with Crippen molar-refractivity contribution in [1.29, 1.82) is 0 Å². The highest BCUT2D eigenvalue weighted by Crippen LogP contribution is 2.11. The molecule has 1 saturated heterocycles. The smallest absolute Gasteiger partial charge is 0.239 e. The molecule has 1 aliphatic heterocycles. The molecule has 1 unspecified atom stereocenters. The average molecular weight is 248 g/mol. The number of carbonyl (C=O) groups excluding carboxylic acids is 1. The Morgan fingerprint density at radius 3 is 2.83 bits per heavy atom. The van der Waals surface area contributed by atoms with Gasteiger partial charge in [0.15, 0.2) is 0 Å². The van der Waals surface area contributed by atoms with Gasteiger partial charge in [0.2, 0.25) is 5.91 Å². The van der Waals surface area contributed by atoms with Gasteiger partial charge in [0, 0.05) is 18.8 Å². The van der Waals surface area contributed by atoms with Crippen LogP contribution < -0.4 is 10.6 Å². The average Bonchev–Trinajstić information content (AvgIpc) is 2.45. The predicted octanol–water partition coefficient (Wildman–Crippen LogP) is 1.78. The summed E-state index contributed by atoms with van der Waals surface area (Å²) in [4.78, 5) is 11.6. The summed E-state index contributed by atoms with van der Waals surface area (Å²) in [6.45, 7) is 1.74. The summed E-state index contributed by atoms with van der Waals surface area (Å²) in [6.07, 6.45) is 3.58. The molecule has 1 aromatic carbocycles. The summed E-state index contributed by atoms with van der Waals surface area (Å²) < 4.78 is 5.56. The number of anilines is 1. The Morgan fingerprint density at radius 1 is 1.28 bits per heavy atom. The van der Waals surface area contributed by atoms with Crippen LogP contribution in [0.2, 0.25) is 0 Å². The number of para-hydroxylation sites is 1. The van der Waals surface area contributed by atoms with E-state index in [1.165, 1.54) is 6.42 Å². The molecule has 98 valence electrons. The quantitative estimate of drug-likeness (QED) is 0.835. The Bertz CT molecular complexity index is 361. The Balaban J connectivity index is 1.63. The Hall–Kier alpha value is -1.55. The molecule has 1 heterocycles. The molecule has 1 aromatic rings. The Morgan fingerprint density at radius 2 is 2.11 bits per heavy atom. The summed E-state index contributed by atoms with van der Waals surface area (Å²) in [5, 5.41) is 5.98. The largest absolute Gasteiger partial charge is 0.376 e. The van der Waals surface area contributed by atoms with Gasteiger partial charge in [-0.3, -0.25) is 4.79 Å². The summed E-state index contributed by atoms with van der Waals surface area (Å²) in [7, 11) is 0. The van der Waals surface area contributed by atoms with Crippen LogP contribution in [0.1, 0.15) is 19.3 Å². The van der Waals surface area contributed by atoms with Crippen molar-refractivity contribution in [3.63, 3.8) is 0 Å². The lowest BCUT2D eigenvalue weighted by atomic mass is 10.1. The lowest BCUT2D eigenvalue weighted by Crippen LogP contribution is -2.38. The highest BCUT2D eigenvalue weighted by atomic mass is 16.5. The van der Waals surface area contributed by atoms with Crippen molar-refractivity contribution >= 4 is 11.6 Å². The van der Waals surface area contributed by atoms with E-state index in [0.29, 0.717) is 13.1 Å². The van der Waals surface area contributed by atoms with E-state index in [4.69, 9.17) is 4.74 Å². The van der Waals surface area contributed by atoms with Gasteiger partial charge in [-0.2, -0.15) is 0 Å². The van der Waals surface area contributed by atoms with Gasteiger partial charge in [-0.25, -0.2) is 0 Å². The van der Waals surface area contributed by atoms with Crippen molar-refractivity contribution in [2.75, 3.05) is 25.0 Å². The van der Waals surface area contributed by atoms with Gasteiger partial charge in [0.25, 0.3) is 0 Å². The lowest BCUT2D eigenvalue weighted by molar-refractivity contribution is -0.120. The molecule has 1 atom stereocenters. The van der Waals surface area contributed by atoms with Crippen molar-refractivity contribution in [3.8, 4) is 0 Å². The summed E-state index contributed by atoms with van der Waals surface area (Å²) in [6, 6.07) is 9.72. The number of nitrogens with one attached hydrogen (secondary N) is 2. The van der Waals surface area contributed by atoms with E-state index in [1.807, 2.05) is 30.3 Å². The minimum Gasteiger partial charge on any atom is -0.376 e. The Labute approximate surface area is 108 Å². The van der Waals surface area contributed by atoms with Crippen LogP contribution in [0.4, 0.5) is 5.69 Å². The third-order valence-electron chi connectivity index (χ3n) is 3.03. The van der Waals surface area contributed by atoms with Crippen LogP contribution in [0.5, 0.6) is 0 Å². The van der Waals surface area contributed by atoms with Crippen LogP contribution in [0.15, 0.2) is 30.3 Å². The van der Waals surface area contributed by atoms with Crippen molar-refractivity contribution in [1.82, 2.24) is 5.32 Å². The maximum atomic E-state index is 11.6. The third kappa shape index (κ3) is 4.37. The molecule has 1 amide bonds. The first-order chi connectivity index (χ1) is 8.84. The van der Waals surface area contributed by atoms with Crippen molar-refractivity contribution < 1.29 is 9.53 Å². The van der Waals surface area contributed by atoms with Crippen molar-refractivity contribution in [2.24, 2.45) is 0 Å². The second kappa shape index (κ2) is 7.01. The van der Waals surface area contributed by atoms with E-state index in [2.05, 4.69) is 10.6 Å². The molecule has 0 radical (unpaired) electrons. The van der Waals surface area contributed by atoms with E-state index in [1.54, 1.807) is 0 Å². The normalized spacial score (nSPS) is 19.2. The summed E-state index contributed by atoms with van der Waals surface area (Å²) >= 11 is 0. The molecule has 4 nitrogen and oxygen atoms in total. The van der Waals surface area contributed by atoms with Crippen LogP contribution in [-0.2, 0) is 9.53 Å². The van der Waals surface area contributed by atoms with E-state index in [0.717, 1.165) is 25.1 Å². The van der Waals surface area contributed by atoms with E-state index in [-0.39, 0.29) is 12.0 Å². The molecule has 1 aliphatic rings. The highest BCUT2D eigenvalue weighted by molar-refractivity contribution is 5.80. The zero-order valence-corrected chi connectivity index (χ0v) is 10.5. The number of rotatable bonds is 5. The summed E-state index contributed by atoms with van der Waals surface area (Å²) in [5.41, 5.74) is 0.960. The molecule has 1 fully saturated rings. The Kier molecular flexibility index (Phi) is 5.02. The zero-order valence-electron chi connectivity index (χ0n) is 10.5. The molecule has 0 aliphatic carbocycles.